The van der Waals surface area contributed by atoms with Gasteiger partial charge >= 0.3 is 0 Å². The molecule has 3 heterocycles. The molecule has 1 amide bonds. The van der Waals surface area contributed by atoms with Crippen molar-refractivity contribution in [3.8, 4) is 0 Å². The third-order valence-corrected chi connectivity index (χ3v) is 5.64. The zero-order valence-corrected chi connectivity index (χ0v) is 14.0. The first-order valence-electron chi connectivity index (χ1n) is 9.07. The lowest BCUT2D eigenvalue weighted by Gasteiger charge is -2.32. The Balaban J connectivity index is 1.39. The summed E-state index contributed by atoms with van der Waals surface area (Å²) in [5, 5.41) is 4.38. The highest BCUT2D eigenvalue weighted by Crippen LogP contribution is 2.27. The highest BCUT2D eigenvalue weighted by molar-refractivity contribution is 5.86. The van der Waals surface area contributed by atoms with E-state index in [0.717, 1.165) is 29.4 Å². The first kappa shape index (κ1) is 15.7. The van der Waals surface area contributed by atoms with Gasteiger partial charge in [-0.2, -0.15) is 0 Å². The van der Waals surface area contributed by atoms with Crippen molar-refractivity contribution in [3.63, 3.8) is 0 Å². The van der Waals surface area contributed by atoms with E-state index in [9.17, 15) is 4.79 Å². The SMILES string of the molecule is N[C@@H](Cc1c[nH]c2ccccc12)C(=O)NC1CCN2CCCCC12. The Kier molecular flexibility index (Phi) is 4.29. The Morgan fingerprint density at radius 3 is 3.08 bits per heavy atom. The van der Waals surface area contributed by atoms with Crippen LogP contribution in [-0.4, -0.2) is 47.0 Å². The molecule has 0 radical (unpaired) electrons. The molecule has 24 heavy (non-hydrogen) atoms. The molecule has 0 bridgehead atoms. The van der Waals surface area contributed by atoms with Crippen molar-refractivity contribution >= 4 is 16.8 Å². The van der Waals surface area contributed by atoms with Gasteiger partial charge in [-0.05, 0) is 43.9 Å². The molecule has 2 unspecified atom stereocenters. The van der Waals surface area contributed by atoms with Crippen LogP contribution < -0.4 is 11.1 Å². The van der Waals surface area contributed by atoms with Gasteiger partial charge in [0.1, 0.15) is 0 Å². The molecule has 2 saturated heterocycles. The first-order valence-corrected chi connectivity index (χ1v) is 9.07. The number of fused-ring (bicyclic) bond motifs is 2. The normalized spacial score (nSPS) is 25.5. The summed E-state index contributed by atoms with van der Waals surface area (Å²) in [6.45, 7) is 2.28. The Labute approximate surface area is 142 Å². The fourth-order valence-electron chi connectivity index (χ4n) is 4.34. The number of hydrogen-bond acceptors (Lipinski definition) is 3. The topological polar surface area (TPSA) is 74.1 Å². The quantitative estimate of drug-likeness (QED) is 0.802. The molecular weight excluding hydrogens is 300 g/mol. The zero-order valence-electron chi connectivity index (χ0n) is 14.0. The van der Waals surface area contributed by atoms with Gasteiger partial charge in [0.2, 0.25) is 5.91 Å². The van der Waals surface area contributed by atoms with Crippen molar-refractivity contribution < 1.29 is 4.79 Å². The van der Waals surface area contributed by atoms with Gasteiger partial charge in [0.25, 0.3) is 0 Å². The van der Waals surface area contributed by atoms with Gasteiger partial charge in [0.15, 0.2) is 0 Å². The smallest absolute Gasteiger partial charge is 0.237 e. The minimum Gasteiger partial charge on any atom is -0.361 e. The standard InChI is InChI=1S/C19H26N4O/c20-15(11-13-12-21-16-6-2-1-5-14(13)16)19(24)22-17-8-10-23-9-4-3-7-18(17)23/h1-2,5-6,12,15,17-18,21H,3-4,7-11,20H2,(H,22,24)/t15-,17?,18?/m0/s1. The summed E-state index contributed by atoms with van der Waals surface area (Å²) in [6, 6.07) is 8.42. The van der Waals surface area contributed by atoms with E-state index < -0.39 is 6.04 Å². The Morgan fingerprint density at radius 1 is 1.29 bits per heavy atom. The number of H-pyrrole nitrogens is 1. The van der Waals surface area contributed by atoms with Gasteiger partial charge in [-0.1, -0.05) is 24.6 Å². The fraction of sp³-hybridized carbons (Fsp3) is 0.526. The Bertz CT molecular complexity index is 725. The molecule has 128 valence electrons. The van der Waals surface area contributed by atoms with Crippen LogP contribution in [0.5, 0.6) is 0 Å². The van der Waals surface area contributed by atoms with Gasteiger partial charge in [-0.3, -0.25) is 9.69 Å². The van der Waals surface area contributed by atoms with E-state index in [4.69, 9.17) is 5.73 Å². The average molecular weight is 326 g/mol. The number of carbonyl (C=O) groups excluding carboxylic acids is 1. The lowest BCUT2D eigenvalue weighted by molar-refractivity contribution is -0.123. The van der Waals surface area contributed by atoms with Crippen LogP contribution in [-0.2, 0) is 11.2 Å². The molecule has 0 saturated carbocycles. The number of rotatable bonds is 4. The van der Waals surface area contributed by atoms with E-state index >= 15 is 0 Å². The summed E-state index contributed by atoms with van der Waals surface area (Å²) in [5.74, 6) is -0.0160. The number of benzene rings is 1. The van der Waals surface area contributed by atoms with Crippen LogP contribution in [0.2, 0.25) is 0 Å². The second-order valence-corrected chi connectivity index (χ2v) is 7.17. The van der Waals surface area contributed by atoms with E-state index in [1.807, 2.05) is 24.4 Å². The van der Waals surface area contributed by atoms with Gasteiger partial charge in [-0.25, -0.2) is 0 Å². The van der Waals surface area contributed by atoms with E-state index in [1.165, 1.54) is 25.8 Å². The first-order chi connectivity index (χ1) is 11.7. The number of carbonyl (C=O) groups is 1. The molecule has 1 aromatic heterocycles. The molecule has 4 N–H and O–H groups in total. The summed E-state index contributed by atoms with van der Waals surface area (Å²) >= 11 is 0. The maximum atomic E-state index is 12.6. The number of hydrogen-bond donors (Lipinski definition) is 3. The van der Waals surface area contributed by atoms with Crippen LogP contribution in [0.1, 0.15) is 31.2 Å². The number of piperidine rings is 1. The predicted octanol–water partition coefficient (Wildman–Crippen LogP) is 1.78. The van der Waals surface area contributed by atoms with Gasteiger partial charge in [0.05, 0.1) is 6.04 Å². The van der Waals surface area contributed by atoms with Crippen LogP contribution in [0.3, 0.4) is 0 Å². The van der Waals surface area contributed by atoms with Gasteiger partial charge in [-0.15, -0.1) is 0 Å². The third-order valence-electron chi connectivity index (χ3n) is 5.64. The van der Waals surface area contributed by atoms with Crippen molar-refractivity contribution in [2.75, 3.05) is 13.1 Å². The highest BCUT2D eigenvalue weighted by Gasteiger charge is 2.36. The third kappa shape index (κ3) is 2.94. The lowest BCUT2D eigenvalue weighted by atomic mass is 9.98. The van der Waals surface area contributed by atoms with E-state index in [1.54, 1.807) is 0 Å². The van der Waals surface area contributed by atoms with Crippen LogP contribution >= 0.6 is 0 Å². The van der Waals surface area contributed by atoms with Crippen LogP contribution in [0, 0.1) is 0 Å². The van der Waals surface area contributed by atoms with Crippen molar-refractivity contribution in [2.24, 2.45) is 5.73 Å². The summed E-state index contributed by atoms with van der Waals surface area (Å²) < 4.78 is 0. The zero-order chi connectivity index (χ0) is 16.5. The minimum atomic E-state index is -0.498. The monoisotopic (exact) mass is 326 g/mol. The van der Waals surface area contributed by atoms with Crippen LogP contribution in [0.25, 0.3) is 10.9 Å². The number of amides is 1. The second kappa shape index (κ2) is 6.57. The van der Waals surface area contributed by atoms with Crippen molar-refractivity contribution in [1.29, 1.82) is 0 Å². The fourth-order valence-corrected chi connectivity index (χ4v) is 4.34. The minimum absolute atomic E-state index is 0.0160. The Morgan fingerprint density at radius 2 is 2.17 bits per heavy atom. The van der Waals surface area contributed by atoms with E-state index in [0.29, 0.717) is 12.5 Å². The molecule has 2 aromatic rings. The van der Waals surface area contributed by atoms with Crippen LogP contribution in [0.4, 0.5) is 0 Å². The van der Waals surface area contributed by atoms with Crippen molar-refractivity contribution in [3.05, 3.63) is 36.0 Å². The maximum absolute atomic E-state index is 12.6. The van der Waals surface area contributed by atoms with Gasteiger partial charge < -0.3 is 16.0 Å². The number of nitrogens with one attached hydrogen (secondary N) is 2. The summed E-state index contributed by atoms with van der Waals surface area (Å²) in [7, 11) is 0. The molecule has 0 aliphatic carbocycles. The molecule has 2 fully saturated rings. The molecule has 5 heteroatoms. The highest BCUT2D eigenvalue weighted by atomic mass is 16.2. The van der Waals surface area contributed by atoms with E-state index in [2.05, 4.69) is 21.3 Å². The molecule has 0 spiro atoms. The molecular formula is C19H26N4O. The summed E-state index contributed by atoms with van der Waals surface area (Å²) in [6.07, 6.45) is 7.35. The molecule has 4 rings (SSSR count). The number of aromatic amines is 1. The number of nitrogens with zero attached hydrogens (tertiary/aromatic N) is 1. The van der Waals surface area contributed by atoms with E-state index in [-0.39, 0.29) is 11.9 Å². The summed E-state index contributed by atoms with van der Waals surface area (Å²) in [5.41, 5.74) is 8.41. The predicted molar refractivity (Wildman–Crippen MR) is 95.7 cm³/mol. The second-order valence-electron chi connectivity index (χ2n) is 7.17. The molecule has 2 aliphatic heterocycles. The van der Waals surface area contributed by atoms with Crippen molar-refractivity contribution in [2.45, 2.75) is 50.2 Å². The van der Waals surface area contributed by atoms with Crippen LogP contribution in [0.15, 0.2) is 30.5 Å². The largest absolute Gasteiger partial charge is 0.361 e. The molecule has 1 aromatic carbocycles. The summed E-state index contributed by atoms with van der Waals surface area (Å²) in [4.78, 5) is 18.3. The van der Waals surface area contributed by atoms with Crippen molar-refractivity contribution in [1.82, 2.24) is 15.2 Å². The number of para-hydroxylation sites is 1. The maximum Gasteiger partial charge on any atom is 0.237 e. The number of aromatic nitrogens is 1. The van der Waals surface area contributed by atoms with Gasteiger partial charge in [0, 0.05) is 35.7 Å². The molecule has 2 aliphatic rings. The molecule has 3 atom stereocenters. The number of nitrogens with two attached hydrogens (primary N) is 1. The molecule has 5 nitrogen and oxygen atoms in total. The average Bonchev–Trinajstić information content (AvgIpc) is 3.20. The Hall–Kier alpha value is -1.85. The lowest BCUT2D eigenvalue weighted by Crippen LogP contribution is -2.51.